The molecule has 0 radical (unpaired) electrons. The number of aromatic nitrogens is 1. The maximum absolute atomic E-state index is 13.2. The molecule has 0 saturated carbocycles. The number of benzene rings is 2. The number of hydrogen-bond acceptors (Lipinski definition) is 4. The topological polar surface area (TPSA) is 104 Å². The van der Waals surface area contributed by atoms with Gasteiger partial charge in [0.2, 0.25) is 5.91 Å². The van der Waals surface area contributed by atoms with E-state index in [-0.39, 0.29) is 28.9 Å². The average Bonchev–Trinajstić information content (AvgIpc) is 2.80. The number of nitriles is 1. The Morgan fingerprint density at radius 2 is 1.71 bits per heavy atom. The largest absolute Gasteiger partial charge is 0.416 e. The number of pyridine rings is 1. The van der Waals surface area contributed by atoms with E-state index < -0.39 is 35.7 Å². The predicted octanol–water partition coefficient (Wildman–Crippen LogP) is 3.92. The van der Waals surface area contributed by atoms with Crippen LogP contribution < -0.4 is 16.2 Å². The number of halogens is 3. The van der Waals surface area contributed by atoms with Gasteiger partial charge in [-0.25, -0.2) is 0 Å². The molecule has 2 N–H and O–H groups in total. The molecule has 35 heavy (non-hydrogen) atoms. The highest BCUT2D eigenvalue weighted by Gasteiger charge is 2.32. The minimum Gasteiger partial charge on any atom is -0.348 e. The van der Waals surface area contributed by atoms with Gasteiger partial charge in [-0.1, -0.05) is 30.3 Å². The van der Waals surface area contributed by atoms with Crippen molar-refractivity contribution in [2.75, 3.05) is 5.32 Å². The second-order valence-corrected chi connectivity index (χ2v) is 7.78. The number of carbonyl (C=O) groups is 2. The summed E-state index contributed by atoms with van der Waals surface area (Å²) in [6.45, 7) is 2.49. The first-order valence-corrected chi connectivity index (χ1v) is 10.5. The summed E-state index contributed by atoms with van der Waals surface area (Å²) in [6, 6.07) is 14.3. The molecule has 2 aromatic carbocycles. The van der Waals surface area contributed by atoms with Crippen LogP contribution in [0.3, 0.4) is 0 Å². The van der Waals surface area contributed by atoms with Gasteiger partial charge >= 0.3 is 6.18 Å². The monoisotopic (exact) mass is 482 g/mol. The quantitative estimate of drug-likeness (QED) is 0.556. The molecule has 0 aliphatic rings. The number of hydrogen-bond donors (Lipinski definition) is 2. The van der Waals surface area contributed by atoms with Crippen molar-refractivity contribution < 1.29 is 22.8 Å². The number of nitrogens with zero attached hydrogens (tertiary/aromatic N) is 2. The summed E-state index contributed by atoms with van der Waals surface area (Å²) in [5, 5.41) is 14.2. The Bertz CT molecular complexity index is 1390. The van der Waals surface area contributed by atoms with E-state index >= 15 is 0 Å². The number of amides is 2. The van der Waals surface area contributed by atoms with Crippen LogP contribution >= 0.6 is 0 Å². The molecular weight excluding hydrogens is 461 g/mol. The predicted molar refractivity (Wildman–Crippen MR) is 123 cm³/mol. The summed E-state index contributed by atoms with van der Waals surface area (Å²) < 4.78 is 40.8. The Kier molecular flexibility index (Phi) is 7.40. The second-order valence-electron chi connectivity index (χ2n) is 7.78. The first-order chi connectivity index (χ1) is 16.5. The molecule has 0 aliphatic heterocycles. The lowest BCUT2D eigenvalue weighted by Crippen LogP contribution is -2.32. The average molecular weight is 482 g/mol. The molecule has 0 spiro atoms. The third-order valence-electron chi connectivity index (χ3n) is 5.33. The van der Waals surface area contributed by atoms with Crippen molar-refractivity contribution in [2.24, 2.45) is 0 Å². The number of anilines is 1. The van der Waals surface area contributed by atoms with Gasteiger partial charge in [0.1, 0.15) is 18.2 Å². The van der Waals surface area contributed by atoms with Crippen LogP contribution in [0.2, 0.25) is 0 Å². The molecule has 0 fully saturated rings. The molecule has 3 aromatic rings. The molecule has 2 amide bonds. The van der Waals surface area contributed by atoms with E-state index in [1.165, 1.54) is 30.3 Å². The fraction of sp³-hybridized carbons (Fsp3) is 0.200. The van der Waals surface area contributed by atoms with Gasteiger partial charge in [-0.15, -0.1) is 0 Å². The maximum Gasteiger partial charge on any atom is 0.416 e. The van der Waals surface area contributed by atoms with Crippen molar-refractivity contribution in [1.82, 2.24) is 9.88 Å². The SMILES string of the molecule is Cc1cc(C)n(CC(=O)Nc2ccccc2C(=O)NCc2ccccc2C(F)(F)F)c(=O)c1C#N. The van der Waals surface area contributed by atoms with Crippen LogP contribution in [0.5, 0.6) is 0 Å². The van der Waals surface area contributed by atoms with E-state index in [0.29, 0.717) is 11.3 Å². The van der Waals surface area contributed by atoms with Crippen molar-refractivity contribution in [3.8, 4) is 6.07 Å². The highest BCUT2D eigenvalue weighted by atomic mass is 19.4. The molecular formula is C25H21F3N4O3. The van der Waals surface area contributed by atoms with Gasteiger partial charge in [0.05, 0.1) is 16.8 Å². The molecule has 0 aliphatic carbocycles. The Balaban J connectivity index is 1.77. The highest BCUT2D eigenvalue weighted by Crippen LogP contribution is 2.31. The van der Waals surface area contributed by atoms with Gasteiger partial charge in [-0.2, -0.15) is 18.4 Å². The molecule has 0 atom stereocenters. The zero-order valence-corrected chi connectivity index (χ0v) is 18.9. The Labute approximate surface area is 198 Å². The molecule has 10 heteroatoms. The molecule has 0 unspecified atom stereocenters. The lowest BCUT2D eigenvalue weighted by Gasteiger charge is -2.15. The van der Waals surface area contributed by atoms with Crippen LogP contribution in [-0.2, 0) is 24.1 Å². The number of nitrogens with one attached hydrogen (secondary N) is 2. The standard InChI is InChI=1S/C25H21F3N4O3/c1-15-11-16(2)32(24(35)19(15)12-29)14-22(33)31-21-10-6-4-8-18(21)23(34)30-13-17-7-3-5-9-20(17)25(26,27)28/h3-11H,13-14H2,1-2H3,(H,30,34)(H,31,33). The van der Waals surface area contributed by atoms with E-state index in [0.717, 1.165) is 10.6 Å². The van der Waals surface area contributed by atoms with E-state index in [4.69, 9.17) is 0 Å². The summed E-state index contributed by atoms with van der Waals surface area (Å²) in [6.07, 6.45) is -4.56. The first kappa shape index (κ1) is 25.2. The van der Waals surface area contributed by atoms with E-state index in [9.17, 15) is 32.8 Å². The van der Waals surface area contributed by atoms with Crippen molar-refractivity contribution in [2.45, 2.75) is 33.1 Å². The van der Waals surface area contributed by atoms with Crippen molar-refractivity contribution in [1.29, 1.82) is 5.26 Å². The van der Waals surface area contributed by atoms with Gasteiger partial charge in [-0.05, 0) is 49.2 Å². The lowest BCUT2D eigenvalue weighted by molar-refractivity contribution is -0.138. The van der Waals surface area contributed by atoms with Crippen molar-refractivity contribution in [3.05, 3.63) is 98.5 Å². The Morgan fingerprint density at radius 1 is 1.06 bits per heavy atom. The summed E-state index contributed by atoms with van der Waals surface area (Å²) in [5.74, 6) is -1.31. The number of carbonyl (C=O) groups excluding carboxylic acids is 2. The molecule has 0 bridgehead atoms. The summed E-state index contributed by atoms with van der Waals surface area (Å²) in [5.41, 5.74) is -0.475. The molecule has 180 valence electrons. The van der Waals surface area contributed by atoms with Gasteiger partial charge < -0.3 is 15.2 Å². The smallest absolute Gasteiger partial charge is 0.348 e. The van der Waals surface area contributed by atoms with E-state index in [1.54, 1.807) is 32.0 Å². The van der Waals surface area contributed by atoms with Crippen molar-refractivity contribution in [3.63, 3.8) is 0 Å². The van der Waals surface area contributed by atoms with Crippen LogP contribution in [-0.4, -0.2) is 16.4 Å². The highest BCUT2D eigenvalue weighted by molar-refractivity contribution is 6.03. The zero-order valence-electron chi connectivity index (χ0n) is 18.9. The fourth-order valence-electron chi connectivity index (χ4n) is 3.60. The van der Waals surface area contributed by atoms with E-state index in [1.807, 2.05) is 6.07 Å². The molecule has 1 heterocycles. The number of para-hydroxylation sites is 1. The number of alkyl halides is 3. The Morgan fingerprint density at radius 3 is 2.40 bits per heavy atom. The van der Waals surface area contributed by atoms with Crippen LogP contribution in [0, 0.1) is 25.2 Å². The summed E-state index contributed by atoms with van der Waals surface area (Å²) >= 11 is 0. The maximum atomic E-state index is 13.2. The fourth-order valence-corrected chi connectivity index (χ4v) is 3.60. The lowest BCUT2D eigenvalue weighted by atomic mass is 10.1. The second kappa shape index (κ2) is 10.3. The third kappa shape index (κ3) is 5.76. The van der Waals surface area contributed by atoms with Crippen LogP contribution in [0.1, 0.15) is 38.3 Å². The Hall–Kier alpha value is -4.39. The summed E-state index contributed by atoms with van der Waals surface area (Å²) in [7, 11) is 0. The van der Waals surface area contributed by atoms with Gasteiger partial charge in [0, 0.05) is 12.2 Å². The normalized spacial score (nSPS) is 11.0. The number of rotatable bonds is 6. The minimum absolute atomic E-state index is 0.0380. The third-order valence-corrected chi connectivity index (χ3v) is 5.33. The van der Waals surface area contributed by atoms with E-state index in [2.05, 4.69) is 10.6 Å². The van der Waals surface area contributed by atoms with Gasteiger partial charge in [0.25, 0.3) is 11.5 Å². The van der Waals surface area contributed by atoms with Crippen LogP contribution in [0.15, 0.2) is 59.4 Å². The van der Waals surface area contributed by atoms with Crippen molar-refractivity contribution >= 4 is 17.5 Å². The van der Waals surface area contributed by atoms with Crippen LogP contribution in [0.25, 0.3) is 0 Å². The zero-order chi connectivity index (χ0) is 25.8. The molecule has 1 aromatic heterocycles. The van der Waals surface area contributed by atoms with Crippen LogP contribution in [0.4, 0.5) is 18.9 Å². The molecule has 7 nitrogen and oxygen atoms in total. The molecule has 3 rings (SSSR count). The van der Waals surface area contributed by atoms with Gasteiger partial charge in [0.15, 0.2) is 0 Å². The molecule has 0 saturated heterocycles. The number of aryl methyl sites for hydroxylation is 2. The van der Waals surface area contributed by atoms with Gasteiger partial charge in [-0.3, -0.25) is 14.4 Å². The first-order valence-electron chi connectivity index (χ1n) is 10.5. The summed E-state index contributed by atoms with van der Waals surface area (Å²) in [4.78, 5) is 37.9. The minimum atomic E-state index is -4.56.